The second-order valence-corrected chi connectivity index (χ2v) is 5.71. The molecular weight excluding hydrogens is 238 g/mol. The van der Waals surface area contributed by atoms with Crippen molar-refractivity contribution in [2.75, 3.05) is 13.1 Å². The maximum Gasteiger partial charge on any atom is 0.317 e. The Hall–Kier alpha value is -1.58. The maximum absolute atomic E-state index is 12.2. The van der Waals surface area contributed by atoms with Crippen molar-refractivity contribution in [1.82, 2.24) is 15.2 Å². The van der Waals surface area contributed by atoms with Crippen molar-refractivity contribution in [1.29, 1.82) is 0 Å². The molecule has 0 bridgehead atoms. The smallest absolute Gasteiger partial charge is 0.317 e. The highest BCUT2D eigenvalue weighted by molar-refractivity contribution is 5.74. The molecule has 4 heteroatoms. The van der Waals surface area contributed by atoms with E-state index in [2.05, 4.69) is 38.0 Å². The Morgan fingerprint density at radius 2 is 1.89 bits per heavy atom. The van der Waals surface area contributed by atoms with Crippen LogP contribution in [-0.2, 0) is 6.54 Å². The molecule has 0 saturated carbocycles. The minimum Gasteiger partial charge on any atom is -0.334 e. The van der Waals surface area contributed by atoms with Crippen LogP contribution >= 0.6 is 0 Å². The molecule has 2 amide bonds. The third kappa shape index (κ3) is 6.22. The molecule has 0 fully saturated rings. The number of hydrogen-bond acceptors (Lipinski definition) is 2. The van der Waals surface area contributed by atoms with Gasteiger partial charge in [-0.05, 0) is 23.5 Å². The van der Waals surface area contributed by atoms with Crippen LogP contribution < -0.4 is 5.32 Å². The van der Waals surface area contributed by atoms with Crippen LogP contribution in [0, 0.1) is 11.8 Å². The molecule has 1 aromatic rings. The van der Waals surface area contributed by atoms with Crippen molar-refractivity contribution >= 4 is 6.03 Å². The van der Waals surface area contributed by atoms with E-state index in [9.17, 15) is 4.79 Å². The van der Waals surface area contributed by atoms with E-state index in [4.69, 9.17) is 0 Å². The second kappa shape index (κ2) is 7.77. The lowest BCUT2D eigenvalue weighted by Crippen LogP contribution is -2.43. The lowest BCUT2D eigenvalue weighted by molar-refractivity contribution is 0.183. The van der Waals surface area contributed by atoms with Gasteiger partial charge in [-0.3, -0.25) is 4.98 Å². The van der Waals surface area contributed by atoms with Gasteiger partial charge in [0.15, 0.2) is 0 Å². The zero-order valence-corrected chi connectivity index (χ0v) is 12.4. The predicted molar refractivity (Wildman–Crippen MR) is 77.7 cm³/mol. The molecule has 1 heterocycles. The van der Waals surface area contributed by atoms with Crippen molar-refractivity contribution in [3.05, 3.63) is 30.1 Å². The average Bonchev–Trinajstić information content (AvgIpc) is 2.35. The number of rotatable bonds is 6. The monoisotopic (exact) mass is 263 g/mol. The first-order valence-electron chi connectivity index (χ1n) is 6.90. The predicted octanol–water partition coefficient (Wildman–Crippen LogP) is 2.91. The maximum atomic E-state index is 12.2. The quantitative estimate of drug-likeness (QED) is 0.857. The van der Waals surface area contributed by atoms with Crippen LogP contribution in [-0.4, -0.2) is 29.0 Å². The van der Waals surface area contributed by atoms with Crippen molar-refractivity contribution in [2.24, 2.45) is 11.8 Å². The summed E-state index contributed by atoms with van der Waals surface area (Å²) in [5.74, 6) is 0.950. The largest absolute Gasteiger partial charge is 0.334 e. The Morgan fingerprint density at radius 1 is 1.26 bits per heavy atom. The normalized spacial score (nSPS) is 10.8. The highest BCUT2D eigenvalue weighted by Gasteiger charge is 2.15. The zero-order valence-electron chi connectivity index (χ0n) is 12.4. The van der Waals surface area contributed by atoms with E-state index >= 15 is 0 Å². The summed E-state index contributed by atoms with van der Waals surface area (Å²) in [5, 5.41) is 2.96. The summed E-state index contributed by atoms with van der Waals surface area (Å²) < 4.78 is 0. The minimum absolute atomic E-state index is 0.00579. The molecule has 0 unspecified atom stereocenters. The van der Waals surface area contributed by atoms with Gasteiger partial charge in [-0.15, -0.1) is 0 Å². The first-order valence-corrected chi connectivity index (χ1v) is 6.90. The van der Waals surface area contributed by atoms with Crippen molar-refractivity contribution in [3.63, 3.8) is 0 Å². The van der Waals surface area contributed by atoms with Crippen LogP contribution in [0.4, 0.5) is 4.79 Å². The Morgan fingerprint density at radius 3 is 2.37 bits per heavy atom. The number of carbonyl (C=O) groups excluding carboxylic acids is 1. The summed E-state index contributed by atoms with van der Waals surface area (Å²) in [6.45, 7) is 10.6. The summed E-state index contributed by atoms with van der Waals surface area (Å²) in [7, 11) is 0. The third-order valence-corrected chi connectivity index (χ3v) is 2.62. The molecule has 1 N–H and O–H groups in total. The first kappa shape index (κ1) is 15.5. The summed E-state index contributed by atoms with van der Waals surface area (Å²) in [4.78, 5) is 18.1. The lowest BCUT2D eigenvalue weighted by atomic mass is 10.1. The molecule has 1 rings (SSSR count). The highest BCUT2D eigenvalue weighted by Crippen LogP contribution is 2.05. The van der Waals surface area contributed by atoms with E-state index in [1.807, 2.05) is 17.0 Å². The van der Waals surface area contributed by atoms with Gasteiger partial charge in [0, 0.05) is 32.0 Å². The molecule has 0 atom stereocenters. The van der Waals surface area contributed by atoms with Crippen molar-refractivity contribution in [2.45, 2.75) is 34.2 Å². The van der Waals surface area contributed by atoms with Gasteiger partial charge < -0.3 is 10.2 Å². The van der Waals surface area contributed by atoms with Crippen LogP contribution in [0.1, 0.15) is 33.3 Å². The van der Waals surface area contributed by atoms with Gasteiger partial charge in [0.2, 0.25) is 0 Å². The summed E-state index contributed by atoms with van der Waals surface area (Å²) in [6, 6.07) is 3.84. The topological polar surface area (TPSA) is 45.2 Å². The third-order valence-electron chi connectivity index (χ3n) is 2.62. The average molecular weight is 263 g/mol. The number of pyridine rings is 1. The molecule has 0 aromatic carbocycles. The van der Waals surface area contributed by atoms with Crippen LogP contribution in [0.15, 0.2) is 24.5 Å². The molecule has 106 valence electrons. The molecule has 19 heavy (non-hydrogen) atoms. The number of amides is 2. The van der Waals surface area contributed by atoms with E-state index in [-0.39, 0.29) is 6.03 Å². The first-order chi connectivity index (χ1) is 8.99. The van der Waals surface area contributed by atoms with Gasteiger partial charge >= 0.3 is 6.03 Å². The number of hydrogen-bond donors (Lipinski definition) is 1. The number of nitrogens with one attached hydrogen (secondary N) is 1. The number of nitrogens with zero attached hydrogens (tertiary/aromatic N) is 2. The SMILES string of the molecule is CC(C)CN(CC(C)C)C(=O)NCc1cccnc1. The molecule has 0 aliphatic carbocycles. The summed E-state index contributed by atoms with van der Waals surface area (Å²) >= 11 is 0. The summed E-state index contributed by atoms with van der Waals surface area (Å²) in [6.07, 6.45) is 3.50. The summed E-state index contributed by atoms with van der Waals surface area (Å²) in [5.41, 5.74) is 1.02. The minimum atomic E-state index is 0.00579. The Balaban J connectivity index is 2.51. The highest BCUT2D eigenvalue weighted by atomic mass is 16.2. The van der Waals surface area contributed by atoms with Crippen molar-refractivity contribution < 1.29 is 4.79 Å². The molecule has 4 nitrogen and oxygen atoms in total. The molecule has 0 aliphatic heterocycles. The standard InChI is InChI=1S/C15H25N3O/c1-12(2)10-18(11-13(3)4)15(19)17-9-14-6-5-7-16-8-14/h5-8,12-13H,9-11H2,1-4H3,(H,17,19). The van der Waals surface area contributed by atoms with Crippen LogP contribution in [0.3, 0.4) is 0 Å². The Bertz CT molecular complexity index is 366. The van der Waals surface area contributed by atoms with Crippen LogP contribution in [0.5, 0.6) is 0 Å². The Kier molecular flexibility index (Phi) is 6.33. The van der Waals surface area contributed by atoms with Crippen LogP contribution in [0.2, 0.25) is 0 Å². The fourth-order valence-corrected chi connectivity index (χ4v) is 1.91. The van der Waals surface area contributed by atoms with E-state index in [0.29, 0.717) is 18.4 Å². The molecule has 0 aliphatic rings. The van der Waals surface area contributed by atoms with Gasteiger partial charge in [0.1, 0.15) is 0 Å². The van der Waals surface area contributed by atoms with Gasteiger partial charge in [-0.1, -0.05) is 33.8 Å². The van der Waals surface area contributed by atoms with Crippen molar-refractivity contribution in [3.8, 4) is 0 Å². The fourth-order valence-electron chi connectivity index (χ4n) is 1.91. The van der Waals surface area contributed by atoms with Gasteiger partial charge in [-0.2, -0.15) is 0 Å². The lowest BCUT2D eigenvalue weighted by Gasteiger charge is -2.26. The van der Waals surface area contributed by atoms with E-state index < -0.39 is 0 Å². The molecular formula is C15H25N3O. The van der Waals surface area contributed by atoms with Gasteiger partial charge in [-0.25, -0.2) is 4.79 Å². The van der Waals surface area contributed by atoms with E-state index in [1.54, 1.807) is 12.4 Å². The molecule has 1 aromatic heterocycles. The van der Waals surface area contributed by atoms with E-state index in [1.165, 1.54) is 0 Å². The zero-order chi connectivity index (χ0) is 14.3. The number of urea groups is 1. The van der Waals surface area contributed by atoms with E-state index in [0.717, 1.165) is 18.7 Å². The van der Waals surface area contributed by atoms with Crippen LogP contribution in [0.25, 0.3) is 0 Å². The Labute approximate surface area is 116 Å². The van der Waals surface area contributed by atoms with Gasteiger partial charge in [0.05, 0.1) is 0 Å². The number of carbonyl (C=O) groups is 1. The fraction of sp³-hybridized carbons (Fsp3) is 0.600. The molecule has 0 radical (unpaired) electrons. The molecule has 0 spiro atoms. The second-order valence-electron chi connectivity index (χ2n) is 5.71. The van der Waals surface area contributed by atoms with Gasteiger partial charge in [0.25, 0.3) is 0 Å². The molecule has 0 saturated heterocycles. The number of aromatic nitrogens is 1.